The van der Waals surface area contributed by atoms with Crippen molar-refractivity contribution in [3.63, 3.8) is 0 Å². The first-order valence-corrected chi connectivity index (χ1v) is 13.2. The van der Waals surface area contributed by atoms with Gasteiger partial charge in [-0.2, -0.15) is 13.2 Å². The molecule has 2 unspecified atom stereocenters. The summed E-state index contributed by atoms with van der Waals surface area (Å²) in [6.45, 7) is 0.362. The van der Waals surface area contributed by atoms with Gasteiger partial charge in [0.05, 0.1) is 16.6 Å². The standard InChI is InChI=1S/C27H26F3NO3S/c28-27(29,30)20-8-5-9-22(16-20)35(32,33)31-21-14-15-34-25(17-21)26-23-10-3-1-6-18(23)12-13-19-7-2-4-11-24(19)26/h1-11,16,21,25-26,31H,12-15,17H2. The number of halogens is 3. The fourth-order valence-electron chi connectivity index (χ4n) is 5.26. The van der Waals surface area contributed by atoms with E-state index < -0.39 is 27.8 Å². The molecular weight excluding hydrogens is 475 g/mol. The molecule has 3 aromatic carbocycles. The molecule has 2 atom stereocenters. The van der Waals surface area contributed by atoms with Crippen molar-refractivity contribution in [1.82, 2.24) is 4.72 Å². The van der Waals surface area contributed by atoms with Crippen molar-refractivity contribution in [3.05, 3.63) is 101 Å². The second-order valence-electron chi connectivity index (χ2n) is 9.15. The van der Waals surface area contributed by atoms with Crippen molar-refractivity contribution < 1.29 is 26.3 Å². The van der Waals surface area contributed by atoms with Crippen LogP contribution in [0.15, 0.2) is 77.7 Å². The van der Waals surface area contributed by atoms with Crippen LogP contribution < -0.4 is 4.72 Å². The summed E-state index contributed by atoms with van der Waals surface area (Å²) in [5, 5.41) is 0. The molecule has 1 heterocycles. The van der Waals surface area contributed by atoms with E-state index in [-0.39, 0.29) is 16.9 Å². The molecule has 35 heavy (non-hydrogen) atoms. The Hall–Kier alpha value is -2.68. The fourth-order valence-corrected chi connectivity index (χ4v) is 6.59. The van der Waals surface area contributed by atoms with Crippen LogP contribution in [-0.4, -0.2) is 27.2 Å². The van der Waals surface area contributed by atoms with Crippen LogP contribution in [0.2, 0.25) is 0 Å². The van der Waals surface area contributed by atoms with Crippen molar-refractivity contribution in [2.45, 2.75) is 54.8 Å². The van der Waals surface area contributed by atoms with Gasteiger partial charge in [-0.25, -0.2) is 13.1 Å². The lowest BCUT2D eigenvalue weighted by Crippen LogP contribution is -2.44. The summed E-state index contributed by atoms with van der Waals surface area (Å²) in [7, 11) is -4.13. The average Bonchev–Trinajstić information content (AvgIpc) is 3.00. The molecule has 1 saturated heterocycles. The van der Waals surface area contributed by atoms with E-state index in [1.54, 1.807) is 0 Å². The smallest absolute Gasteiger partial charge is 0.377 e. The van der Waals surface area contributed by atoms with Gasteiger partial charge in [0.25, 0.3) is 0 Å². The van der Waals surface area contributed by atoms with Gasteiger partial charge in [0.1, 0.15) is 0 Å². The third-order valence-corrected chi connectivity index (χ3v) is 8.44. The first kappa shape index (κ1) is 24.0. The number of nitrogens with one attached hydrogen (secondary N) is 1. The molecule has 8 heteroatoms. The lowest BCUT2D eigenvalue weighted by atomic mass is 9.80. The van der Waals surface area contributed by atoms with E-state index in [4.69, 9.17) is 4.74 Å². The minimum atomic E-state index is -4.62. The second-order valence-corrected chi connectivity index (χ2v) is 10.9. The predicted molar refractivity (Wildman–Crippen MR) is 127 cm³/mol. The number of aryl methyl sites for hydroxylation is 2. The number of sulfonamides is 1. The zero-order valence-corrected chi connectivity index (χ0v) is 19.8. The van der Waals surface area contributed by atoms with Crippen LogP contribution in [0.3, 0.4) is 0 Å². The first-order valence-electron chi connectivity index (χ1n) is 11.7. The van der Waals surface area contributed by atoms with E-state index in [9.17, 15) is 21.6 Å². The number of rotatable bonds is 4. The Morgan fingerprint density at radius 1 is 0.857 bits per heavy atom. The highest BCUT2D eigenvalue weighted by Gasteiger charge is 2.37. The van der Waals surface area contributed by atoms with Crippen molar-refractivity contribution in [2.75, 3.05) is 6.61 Å². The van der Waals surface area contributed by atoms with Crippen LogP contribution in [0.25, 0.3) is 0 Å². The molecule has 2 aliphatic rings. The molecule has 1 N–H and O–H groups in total. The molecule has 4 nitrogen and oxygen atoms in total. The van der Waals surface area contributed by atoms with Gasteiger partial charge in [0, 0.05) is 18.6 Å². The lowest BCUT2D eigenvalue weighted by molar-refractivity contribution is -0.137. The minimum Gasteiger partial charge on any atom is -0.377 e. The second kappa shape index (κ2) is 9.41. The van der Waals surface area contributed by atoms with E-state index in [0.717, 1.165) is 25.0 Å². The van der Waals surface area contributed by atoms with E-state index in [1.165, 1.54) is 28.3 Å². The van der Waals surface area contributed by atoms with Gasteiger partial charge >= 0.3 is 6.18 Å². The maximum absolute atomic E-state index is 13.1. The largest absolute Gasteiger partial charge is 0.416 e. The number of fused-ring (bicyclic) bond motifs is 2. The molecule has 0 bridgehead atoms. The Balaban J connectivity index is 1.42. The molecule has 1 aliphatic heterocycles. The molecule has 0 amide bonds. The number of benzene rings is 3. The summed E-state index contributed by atoms with van der Waals surface area (Å²) in [5.41, 5.74) is 3.89. The van der Waals surface area contributed by atoms with E-state index in [2.05, 4.69) is 29.0 Å². The van der Waals surface area contributed by atoms with Gasteiger partial charge in [0.2, 0.25) is 10.0 Å². The number of hydrogen-bond acceptors (Lipinski definition) is 3. The highest BCUT2D eigenvalue weighted by atomic mass is 32.2. The Morgan fingerprint density at radius 2 is 1.49 bits per heavy atom. The molecule has 1 aliphatic carbocycles. The van der Waals surface area contributed by atoms with Gasteiger partial charge < -0.3 is 4.74 Å². The summed E-state index contributed by atoms with van der Waals surface area (Å²) in [6, 6.07) is 20.0. The summed E-state index contributed by atoms with van der Waals surface area (Å²) >= 11 is 0. The van der Waals surface area contributed by atoms with Gasteiger partial charge in [0.15, 0.2) is 0 Å². The molecule has 184 valence electrons. The van der Waals surface area contributed by atoms with Crippen LogP contribution >= 0.6 is 0 Å². The van der Waals surface area contributed by atoms with Crippen LogP contribution in [-0.2, 0) is 33.8 Å². The van der Waals surface area contributed by atoms with Gasteiger partial charge in [-0.1, -0.05) is 54.6 Å². The van der Waals surface area contributed by atoms with Gasteiger partial charge in [-0.05, 0) is 66.1 Å². The van der Waals surface area contributed by atoms with Crippen LogP contribution in [0.1, 0.15) is 46.6 Å². The van der Waals surface area contributed by atoms with E-state index >= 15 is 0 Å². The number of alkyl halides is 3. The SMILES string of the molecule is O=S(=O)(NC1CCOC(C2c3ccccc3CCc3ccccc32)C1)c1cccc(C(F)(F)F)c1. The maximum atomic E-state index is 13.1. The summed E-state index contributed by atoms with van der Waals surface area (Å²) in [5.74, 6) is -0.0502. The quantitative estimate of drug-likeness (QED) is 0.517. The van der Waals surface area contributed by atoms with Crippen molar-refractivity contribution in [3.8, 4) is 0 Å². The Bertz CT molecular complexity index is 1280. The van der Waals surface area contributed by atoms with E-state index in [1.807, 2.05) is 24.3 Å². The molecule has 0 aromatic heterocycles. The molecule has 5 rings (SSSR count). The first-order chi connectivity index (χ1) is 16.7. The van der Waals surface area contributed by atoms with Gasteiger partial charge in [-0.3, -0.25) is 0 Å². The number of hydrogen-bond donors (Lipinski definition) is 1. The van der Waals surface area contributed by atoms with Gasteiger partial charge in [-0.15, -0.1) is 0 Å². The average molecular weight is 502 g/mol. The minimum absolute atomic E-state index is 0.0502. The zero-order valence-electron chi connectivity index (χ0n) is 19.0. The highest BCUT2D eigenvalue weighted by molar-refractivity contribution is 7.89. The monoisotopic (exact) mass is 501 g/mol. The highest BCUT2D eigenvalue weighted by Crippen LogP contribution is 2.40. The van der Waals surface area contributed by atoms with E-state index in [0.29, 0.717) is 25.5 Å². The Morgan fingerprint density at radius 3 is 2.11 bits per heavy atom. The topological polar surface area (TPSA) is 55.4 Å². The van der Waals surface area contributed by atoms with Crippen molar-refractivity contribution >= 4 is 10.0 Å². The Labute approximate surface area is 203 Å². The van der Waals surface area contributed by atoms with Crippen LogP contribution in [0.4, 0.5) is 13.2 Å². The normalized spacial score (nSPS) is 21.1. The maximum Gasteiger partial charge on any atom is 0.416 e. The summed E-state index contributed by atoms with van der Waals surface area (Å²) in [4.78, 5) is -0.388. The number of ether oxygens (including phenoxy) is 1. The fraction of sp³-hybridized carbons (Fsp3) is 0.333. The molecule has 0 saturated carbocycles. The predicted octanol–water partition coefficient (Wildman–Crippen LogP) is 5.46. The summed E-state index contributed by atoms with van der Waals surface area (Å²) < 4.78 is 74.2. The zero-order chi connectivity index (χ0) is 24.6. The third-order valence-electron chi connectivity index (χ3n) is 6.92. The summed E-state index contributed by atoms with van der Waals surface area (Å²) in [6.07, 6.45) is -2.17. The van der Waals surface area contributed by atoms with Crippen molar-refractivity contribution in [1.29, 1.82) is 0 Å². The van der Waals surface area contributed by atoms with Crippen LogP contribution in [0, 0.1) is 0 Å². The van der Waals surface area contributed by atoms with Crippen molar-refractivity contribution in [2.24, 2.45) is 0 Å². The molecule has 3 aromatic rings. The molecular formula is C27H26F3NO3S. The molecule has 1 fully saturated rings. The lowest BCUT2D eigenvalue weighted by Gasteiger charge is -2.36. The van der Waals surface area contributed by atoms with Crippen LogP contribution in [0.5, 0.6) is 0 Å². The third kappa shape index (κ3) is 5.01. The molecule has 0 radical (unpaired) electrons. The Kier molecular flexibility index (Phi) is 6.46. The molecule has 0 spiro atoms.